The Labute approximate surface area is 149 Å². The van der Waals surface area contributed by atoms with Crippen molar-refractivity contribution in [1.82, 2.24) is 4.90 Å². The molecule has 25 heavy (non-hydrogen) atoms. The Bertz CT molecular complexity index is 612. The number of hydrogen-bond donors (Lipinski definition) is 0. The highest BCUT2D eigenvalue weighted by atomic mass is 16.5. The fourth-order valence-corrected chi connectivity index (χ4v) is 2.32. The highest BCUT2D eigenvalue weighted by molar-refractivity contribution is 5.92. The van der Waals surface area contributed by atoms with Crippen LogP contribution in [0.25, 0.3) is 6.08 Å². The van der Waals surface area contributed by atoms with Crippen molar-refractivity contribution in [3.05, 3.63) is 29.8 Å². The summed E-state index contributed by atoms with van der Waals surface area (Å²) in [5.41, 5.74) is 0.825. The van der Waals surface area contributed by atoms with Gasteiger partial charge in [0.1, 0.15) is 0 Å². The number of nitrogens with zero attached hydrogens (tertiary/aromatic N) is 1. The second-order valence-electron chi connectivity index (χ2n) is 5.48. The van der Waals surface area contributed by atoms with E-state index in [0.29, 0.717) is 31.2 Å². The number of hydrogen-bond acceptors (Lipinski definition) is 5. The van der Waals surface area contributed by atoms with Crippen molar-refractivity contribution in [2.24, 2.45) is 5.92 Å². The van der Waals surface area contributed by atoms with Gasteiger partial charge in [0, 0.05) is 19.2 Å². The third-order valence-corrected chi connectivity index (χ3v) is 3.70. The van der Waals surface area contributed by atoms with Crippen molar-refractivity contribution in [3.8, 4) is 11.5 Å². The Hall–Kier alpha value is -2.50. The Morgan fingerprint density at radius 3 is 2.48 bits per heavy atom. The number of carbonyl (C=O) groups is 2. The number of benzene rings is 1. The van der Waals surface area contributed by atoms with Gasteiger partial charge in [-0.2, -0.15) is 0 Å². The maximum absolute atomic E-state index is 12.3. The van der Waals surface area contributed by atoms with E-state index in [1.54, 1.807) is 25.0 Å². The first-order chi connectivity index (χ1) is 12.0. The second-order valence-corrected chi connectivity index (χ2v) is 5.48. The summed E-state index contributed by atoms with van der Waals surface area (Å²) in [6.45, 7) is 6.89. The zero-order valence-corrected chi connectivity index (χ0v) is 15.6. The second kappa shape index (κ2) is 10.4. The van der Waals surface area contributed by atoms with Gasteiger partial charge in [-0.15, -0.1) is 0 Å². The molecule has 1 unspecified atom stereocenters. The summed E-state index contributed by atoms with van der Waals surface area (Å²) in [7, 11) is 2.92. The average molecular weight is 349 g/mol. The Morgan fingerprint density at radius 2 is 1.92 bits per heavy atom. The molecule has 0 heterocycles. The fraction of sp³-hybridized carbons (Fsp3) is 0.474. The van der Waals surface area contributed by atoms with Crippen LogP contribution in [0.5, 0.6) is 11.5 Å². The standard InChI is InChI=1S/C19H27NO5/c1-6-20(13-14(3)19(22)24-5)18(21)11-9-15-8-10-16(25-7-2)17(12-15)23-4/h8-12,14H,6-7,13H2,1-5H3/b11-9+. The Balaban J connectivity index is 2.81. The first kappa shape index (κ1) is 20.5. The number of ether oxygens (including phenoxy) is 3. The van der Waals surface area contributed by atoms with Crippen molar-refractivity contribution >= 4 is 18.0 Å². The van der Waals surface area contributed by atoms with E-state index >= 15 is 0 Å². The quantitative estimate of drug-likeness (QED) is 0.507. The molecule has 0 saturated heterocycles. The lowest BCUT2D eigenvalue weighted by Crippen LogP contribution is -2.36. The van der Waals surface area contributed by atoms with E-state index in [2.05, 4.69) is 0 Å². The maximum Gasteiger partial charge on any atom is 0.310 e. The van der Waals surface area contributed by atoms with Gasteiger partial charge in [0.05, 0.1) is 26.7 Å². The molecule has 0 spiro atoms. The molecule has 6 heteroatoms. The summed E-state index contributed by atoms with van der Waals surface area (Å²) >= 11 is 0. The van der Waals surface area contributed by atoms with E-state index in [1.807, 2.05) is 32.0 Å². The smallest absolute Gasteiger partial charge is 0.310 e. The third kappa shape index (κ3) is 6.14. The van der Waals surface area contributed by atoms with Gasteiger partial charge in [-0.25, -0.2) is 0 Å². The van der Waals surface area contributed by atoms with Crippen LogP contribution in [0.15, 0.2) is 24.3 Å². The topological polar surface area (TPSA) is 65.1 Å². The zero-order valence-electron chi connectivity index (χ0n) is 15.6. The lowest BCUT2D eigenvalue weighted by Gasteiger charge is -2.22. The monoisotopic (exact) mass is 349 g/mol. The molecule has 0 aromatic heterocycles. The van der Waals surface area contributed by atoms with Crippen LogP contribution in [0.1, 0.15) is 26.3 Å². The van der Waals surface area contributed by atoms with Crippen LogP contribution < -0.4 is 9.47 Å². The van der Waals surface area contributed by atoms with E-state index < -0.39 is 0 Å². The predicted octanol–water partition coefficient (Wildman–Crippen LogP) is 2.76. The van der Waals surface area contributed by atoms with Crippen LogP contribution in [-0.4, -0.2) is 50.7 Å². The molecule has 0 aliphatic heterocycles. The van der Waals surface area contributed by atoms with E-state index in [-0.39, 0.29) is 17.8 Å². The fourth-order valence-electron chi connectivity index (χ4n) is 2.32. The van der Waals surface area contributed by atoms with Crippen LogP contribution in [0.3, 0.4) is 0 Å². The lowest BCUT2D eigenvalue weighted by molar-refractivity contribution is -0.146. The summed E-state index contributed by atoms with van der Waals surface area (Å²) in [6, 6.07) is 5.47. The van der Waals surface area contributed by atoms with Crippen molar-refractivity contribution < 1.29 is 23.8 Å². The highest BCUT2D eigenvalue weighted by Crippen LogP contribution is 2.28. The third-order valence-electron chi connectivity index (χ3n) is 3.70. The molecule has 1 aromatic rings. The minimum atomic E-state index is -0.368. The molecule has 0 saturated carbocycles. The van der Waals surface area contributed by atoms with E-state index in [0.717, 1.165) is 5.56 Å². The van der Waals surface area contributed by atoms with Crippen molar-refractivity contribution in [2.75, 3.05) is 33.9 Å². The normalized spacial score (nSPS) is 11.9. The predicted molar refractivity (Wildman–Crippen MR) is 96.6 cm³/mol. The highest BCUT2D eigenvalue weighted by Gasteiger charge is 2.19. The number of likely N-dealkylation sites (N-methyl/N-ethyl adjacent to an activating group) is 1. The summed E-state index contributed by atoms with van der Waals surface area (Å²) in [5.74, 6) is 0.420. The van der Waals surface area contributed by atoms with Crippen LogP contribution in [0.4, 0.5) is 0 Å². The molecule has 138 valence electrons. The SMILES string of the molecule is CCOc1ccc(/C=C/C(=O)N(CC)CC(C)C(=O)OC)cc1OC. The molecular formula is C19H27NO5. The Morgan fingerprint density at radius 1 is 1.20 bits per heavy atom. The molecule has 0 aliphatic rings. The number of carbonyl (C=O) groups excluding carboxylic acids is 2. The average Bonchev–Trinajstić information content (AvgIpc) is 2.64. The van der Waals surface area contributed by atoms with Crippen molar-refractivity contribution in [3.63, 3.8) is 0 Å². The largest absolute Gasteiger partial charge is 0.493 e. The van der Waals surface area contributed by atoms with Gasteiger partial charge < -0.3 is 19.1 Å². The van der Waals surface area contributed by atoms with Gasteiger partial charge in [0.15, 0.2) is 11.5 Å². The molecule has 1 rings (SSSR count). The summed E-state index contributed by atoms with van der Waals surface area (Å²) < 4.78 is 15.5. The molecule has 1 aromatic carbocycles. The first-order valence-electron chi connectivity index (χ1n) is 8.32. The summed E-state index contributed by atoms with van der Waals surface area (Å²) in [5, 5.41) is 0. The zero-order chi connectivity index (χ0) is 18.8. The van der Waals surface area contributed by atoms with Gasteiger partial charge in [-0.3, -0.25) is 9.59 Å². The summed E-state index contributed by atoms with van der Waals surface area (Å²) in [6.07, 6.45) is 3.20. The number of amides is 1. The van der Waals surface area contributed by atoms with E-state index in [9.17, 15) is 9.59 Å². The van der Waals surface area contributed by atoms with Gasteiger partial charge in [-0.1, -0.05) is 13.0 Å². The van der Waals surface area contributed by atoms with E-state index in [4.69, 9.17) is 14.2 Å². The Kier molecular flexibility index (Phi) is 8.53. The van der Waals surface area contributed by atoms with Gasteiger partial charge in [-0.05, 0) is 37.6 Å². The first-order valence-corrected chi connectivity index (χ1v) is 8.32. The number of esters is 1. The molecule has 0 bridgehead atoms. The molecular weight excluding hydrogens is 322 g/mol. The molecule has 0 radical (unpaired) electrons. The number of rotatable bonds is 9. The lowest BCUT2D eigenvalue weighted by atomic mass is 10.1. The van der Waals surface area contributed by atoms with E-state index in [1.165, 1.54) is 13.2 Å². The number of methoxy groups -OCH3 is 2. The van der Waals surface area contributed by atoms with Crippen molar-refractivity contribution in [2.45, 2.75) is 20.8 Å². The molecule has 1 atom stereocenters. The minimum absolute atomic E-state index is 0.161. The maximum atomic E-state index is 12.3. The van der Waals surface area contributed by atoms with Crippen LogP contribution in [-0.2, 0) is 14.3 Å². The van der Waals surface area contributed by atoms with Gasteiger partial charge >= 0.3 is 5.97 Å². The minimum Gasteiger partial charge on any atom is -0.493 e. The molecule has 0 aliphatic carbocycles. The molecule has 0 fully saturated rings. The van der Waals surface area contributed by atoms with Gasteiger partial charge in [0.2, 0.25) is 5.91 Å². The molecule has 0 N–H and O–H groups in total. The van der Waals surface area contributed by atoms with Crippen LogP contribution >= 0.6 is 0 Å². The van der Waals surface area contributed by atoms with Gasteiger partial charge in [0.25, 0.3) is 0 Å². The summed E-state index contributed by atoms with van der Waals surface area (Å²) in [4.78, 5) is 25.5. The van der Waals surface area contributed by atoms with Crippen molar-refractivity contribution in [1.29, 1.82) is 0 Å². The molecule has 6 nitrogen and oxygen atoms in total. The van der Waals surface area contributed by atoms with Crippen LogP contribution in [0, 0.1) is 5.92 Å². The molecule has 1 amide bonds. The van der Waals surface area contributed by atoms with Crippen LogP contribution in [0.2, 0.25) is 0 Å².